The third-order valence-corrected chi connectivity index (χ3v) is 5.29. The Labute approximate surface area is 171 Å². The van der Waals surface area contributed by atoms with Crippen LogP contribution in [0.4, 0.5) is 10.1 Å². The zero-order valence-electron chi connectivity index (χ0n) is 15.6. The van der Waals surface area contributed by atoms with Crippen LogP contribution in [0.15, 0.2) is 78.2 Å². The Balaban J connectivity index is 1.66. The van der Waals surface area contributed by atoms with Gasteiger partial charge in [-0.05, 0) is 30.3 Å². The number of para-hydroxylation sites is 2. The van der Waals surface area contributed by atoms with Crippen LogP contribution in [0, 0.1) is 5.82 Å². The zero-order valence-corrected chi connectivity index (χ0v) is 16.4. The van der Waals surface area contributed by atoms with Gasteiger partial charge in [0.2, 0.25) is 0 Å². The predicted molar refractivity (Wildman–Crippen MR) is 114 cm³/mol. The lowest BCUT2D eigenvalue weighted by atomic mass is 10.1. The fourth-order valence-electron chi connectivity index (χ4n) is 2.99. The number of benzene rings is 3. The van der Waals surface area contributed by atoms with Crippen LogP contribution in [0.1, 0.15) is 10.4 Å². The van der Waals surface area contributed by atoms with E-state index < -0.39 is 0 Å². The van der Waals surface area contributed by atoms with Crippen molar-refractivity contribution < 1.29 is 13.9 Å². The number of amides is 1. The van der Waals surface area contributed by atoms with Crippen LogP contribution in [-0.2, 0) is 0 Å². The molecule has 1 N–H and O–H groups in total. The topological polar surface area (TPSA) is 51.2 Å². The van der Waals surface area contributed by atoms with Gasteiger partial charge in [-0.2, -0.15) is 0 Å². The van der Waals surface area contributed by atoms with Crippen molar-refractivity contribution in [3.63, 3.8) is 0 Å². The third-order valence-electron chi connectivity index (χ3n) is 4.41. The summed E-state index contributed by atoms with van der Waals surface area (Å²) < 4.78 is 19.4. The summed E-state index contributed by atoms with van der Waals surface area (Å²) in [6.45, 7) is 0. The van der Waals surface area contributed by atoms with Gasteiger partial charge in [-0.15, -0.1) is 11.3 Å². The molecule has 0 bridgehead atoms. The molecule has 0 saturated carbocycles. The van der Waals surface area contributed by atoms with Crippen LogP contribution in [0.25, 0.3) is 21.8 Å². The van der Waals surface area contributed by atoms with Gasteiger partial charge >= 0.3 is 0 Å². The largest absolute Gasteiger partial charge is 0.496 e. The first kappa shape index (κ1) is 18.8. The quantitative estimate of drug-likeness (QED) is 0.452. The number of halogens is 1. The van der Waals surface area contributed by atoms with Crippen molar-refractivity contribution in [2.45, 2.75) is 0 Å². The Bertz CT molecular complexity index is 1170. The molecule has 0 unspecified atom stereocenters. The summed E-state index contributed by atoms with van der Waals surface area (Å²) in [6.07, 6.45) is 0. The number of carbonyl (C=O) groups excluding carboxylic acids is 1. The number of methoxy groups -OCH3 is 1. The van der Waals surface area contributed by atoms with Crippen molar-refractivity contribution >= 4 is 22.9 Å². The van der Waals surface area contributed by atoms with Crippen molar-refractivity contribution in [3.05, 3.63) is 89.6 Å². The molecule has 4 nitrogen and oxygen atoms in total. The molecule has 0 aliphatic heterocycles. The lowest BCUT2D eigenvalue weighted by Crippen LogP contribution is -2.13. The predicted octanol–water partition coefficient (Wildman–Crippen LogP) is 5.88. The highest BCUT2D eigenvalue weighted by Crippen LogP contribution is 2.34. The van der Waals surface area contributed by atoms with Crippen LogP contribution >= 0.6 is 11.3 Å². The van der Waals surface area contributed by atoms with E-state index in [9.17, 15) is 9.18 Å². The smallest absolute Gasteiger partial charge is 0.259 e. The fraction of sp³-hybridized carbons (Fsp3) is 0.0435. The Morgan fingerprint density at radius 1 is 0.966 bits per heavy atom. The molecule has 29 heavy (non-hydrogen) atoms. The summed E-state index contributed by atoms with van der Waals surface area (Å²) in [5.74, 6) is -0.0939. The molecular formula is C23H17FN2O2S. The number of ether oxygens (including phenoxy) is 1. The molecule has 0 aliphatic carbocycles. The molecule has 0 saturated heterocycles. The van der Waals surface area contributed by atoms with E-state index >= 15 is 0 Å². The van der Waals surface area contributed by atoms with Gasteiger partial charge in [-0.3, -0.25) is 4.79 Å². The minimum absolute atomic E-state index is 0.278. The highest BCUT2D eigenvalue weighted by atomic mass is 32.1. The second-order valence-electron chi connectivity index (χ2n) is 6.22. The Hall–Kier alpha value is -3.51. The first-order chi connectivity index (χ1) is 14.2. The Morgan fingerprint density at radius 2 is 1.66 bits per heavy atom. The summed E-state index contributed by atoms with van der Waals surface area (Å²) in [7, 11) is 1.53. The highest BCUT2D eigenvalue weighted by Gasteiger charge is 2.16. The molecule has 6 heteroatoms. The molecule has 3 aromatic carbocycles. The summed E-state index contributed by atoms with van der Waals surface area (Å²) in [5, 5.41) is 5.38. The second kappa shape index (κ2) is 8.24. The Kier molecular flexibility index (Phi) is 5.35. The molecule has 0 fully saturated rings. The highest BCUT2D eigenvalue weighted by molar-refractivity contribution is 7.13. The normalized spacial score (nSPS) is 10.6. The van der Waals surface area contributed by atoms with Gasteiger partial charge in [0.25, 0.3) is 5.91 Å². The van der Waals surface area contributed by atoms with Crippen molar-refractivity contribution in [1.82, 2.24) is 4.98 Å². The number of thiazole rings is 1. The molecular weight excluding hydrogens is 387 g/mol. The molecule has 144 valence electrons. The van der Waals surface area contributed by atoms with E-state index in [1.54, 1.807) is 36.4 Å². The molecule has 0 spiro atoms. The summed E-state index contributed by atoms with van der Waals surface area (Å²) in [4.78, 5) is 17.4. The number of nitrogens with zero attached hydrogens (tertiary/aromatic N) is 1. The van der Waals surface area contributed by atoms with Gasteiger partial charge in [0.1, 0.15) is 16.6 Å². The number of nitrogens with one attached hydrogen (secondary N) is 1. The van der Waals surface area contributed by atoms with Crippen LogP contribution < -0.4 is 10.1 Å². The van der Waals surface area contributed by atoms with E-state index in [2.05, 4.69) is 10.3 Å². The number of carbonyl (C=O) groups is 1. The molecule has 1 amide bonds. The third kappa shape index (κ3) is 3.88. The maximum Gasteiger partial charge on any atom is 0.259 e. The molecule has 1 heterocycles. The molecule has 0 radical (unpaired) electrons. The van der Waals surface area contributed by atoms with E-state index in [1.165, 1.54) is 24.5 Å². The monoisotopic (exact) mass is 404 g/mol. The standard InChI is InChI=1S/C23H17FN2O2S/c1-28-21-13-7-4-10-17(21)22(27)25-19-12-6-3-9-16(19)20-14-29-23(26-20)15-8-2-5-11-18(15)24/h2-14H,1H3,(H,25,27). The molecule has 4 aromatic rings. The Morgan fingerprint density at radius 3 is 2.45 bits per heavy atom. The van der Waals surface area contributed by atoms with Crippen LogP contribution in [-0.4, -0.2) is 18.0 Å². The van der Waals surface area contributed by atoms with E-state index in [0.717, 1.165) is 5.56 Å². The van der Waals surface area contributed by atoms with Crippen LogP contribution in [0.5, 0.6) is 5.75 Å². The average Bonchev–Trinajstić information content (AvgIpc) is 3.24. The lowest BCUT2D eigenvalue weighted by Gasteiger charge is -2.11. The maximum atomic E-state index is 14.1. The number of hydrogen-bond acceptors (Lipinski definition) is 4. The zero-order chi connectivity index (χ0) is 20.2. The van der Waals surface area contributed by atoms with E-state index in [4.69, 9.17) is 4.74 Å². The summed E-state index contributed by atoms with van der Waals surface area (Å²) in [6, 6.07) is 21.0. The molecule has 4 rings (SSSR count). The fourth-order valence-corrected chi connectivity index (χ4v) is 3.84. The first-order valence-corrected chi connectivity index (χ1v) is 9.79. The minimum atomic E-state index is -0.314. The van der Waals surface area contributed by atoms with Gasteiger partial charge < -0.3 is 10.1 Å². The van der Waals surface area contributed by atoms with Gasteiger partial charge in [-0.25, -0.2) is 9.37 Å². The molecule has 0 aliphatic rings. The van der Waals surface area contributed by atoms with E-state index in [-0.39, 0.29) is 11.7 Å². The van der Waals surface area contributed by atoms with Gasteiger partial charge in [0, 0.05) is 16.5 Å². The van der Waals surface area contributed by atoms with E-state index in [1.807, 2.05) is 35.7 Å². The molecule has 0 atom stereocenters. The van der Waals surface area contributed by atoms with Crippen molar-refractivity contribution in [1.29, 1.82) is 0 Å². The van der Waals surface area contributed by atoms with Crippen molar-refractivity contribution in [3.8, 4) is 27.6 Å². The van der Waals surface area contributed by atoms with Crippen LogP contribution in [0.2, 0.25) is 0 Å². The average molecular weight is 404 g/mol. The number of hydrogen-bond donors (Lipinski definition) is 1. The number of aromatic nitrogens is 1. The van der Waals surface area contributed by atoms with Gasteiger partial charge in [0.15, 0.2) is 0 Å². The number of anilines is 1. The van der Waals surface area contributed by atoms with Gasteiger partial charge in [0.05, 0.1) is 24.1 Å². The summed E-state index contributed by atoms with van der Waals surface area (Å²) >= 11 is 1.36. The van der Waals surface area contributed by atoms with Gasteiger partial charge in [-0.1, -0.05) is 42.5 Å². The SMILES string of the molecule is COc1ccccc1C(=O)Nc1ccccc1-c1csc(-c2ccccc2F)n1. The summed E-state index contributed by atoms with van der Waals surface area (Å²) in [5.41, 5.74) is 2.95. The second-order valence-corrected chi connectivity index (χ2v) is 7.08. The minimum Gasteiger partial charge on any atom is -0.496 e. The maximum absolute atomic E-state index is 14.1. The van der Waals surface area contributed by atoms with Crippen molar-refractivity contribution in [2.75, 3.05) is 12.4 Å². The first-order valence-electron chi connectivity index (χ1n) is 8.91. The van der Waals surface area contributed by atoms with Crippen LogP contribution in [0.3, 0.4) is 0 Å². The van der Waals surface area contributed by atoms with Crippen molar-refractivity contribution in [2.24, 2.45) is 0 Å². The van der Waals surface area contributed by atoms with E-state index in [0.29, 0.717) is 33.3 Å². The lowest BCUT2D eigenvalue weighted by molar-refractivity contribution is 0.102. The molecule has 1 aromatic heterocycles. The number of rotatable bonds is 5.